The largest absolute Gasteiger partial charge is 0.339 e. The molecule has 2 aromatic rings. The maximum Gasteiger partial charge on any atom is 0.227 e. The lowest BCUT2D eigenvalue weighted by Gasteiger charge is -1.99. The summed E-state index contributed by atoms with van der Waals surface area (Å²) in [4.78, 5) is 4.35. The Labute approximate surface area is 109 Å². The van der Waals surface area contributed by atoms with Gasteiger partial charge in [-0.15, -0.1) is 0 Å². The zero-order valence-electron chi connectivity index (χ0n) is 9.61. The lowest BCUT2D eigenvalue weighted by Crippen LogP contribution is -2.10. The van der Waals surface area contributed by atoms with Crippen LogP contribution in [0.3, 0.4) is 0 Å². The van der Waals surface area contributed by atoms with Gasteiger partial charge in [-0.25, -0.2) is 0 Å². The van der Waals surface area contributed by atoms with Crippen LogP contribution < -0.4 is 5.32 Å². The van der Waals surface area contributed by atoms with Crippen molar-refractivity contribution in [3.63, 3.8) is 0 Å². The lowest BCUT2D eigenvalue weighted by molar-refractivity contribution is 0.372. The minimum absolute atomic E-state index is 0.682. The molecule has 0 saturated heterocycles. The van der Waals surface area contributed by atoms with Crippen LogP contribution in [0.15, 0.2) is 33.3 Å². The van der Waals surface area contributed by atoms with E-state index in [0.29, 0.717) is 12.3 Å². The molecule has 1 N–H and O–H groups in total. The van der Waals surface area contributed by atoms with Crippen LogP contribution in [-0.2, 0) is 12.8 Å². The summed E-state index contributed by atoms with van der Waals surface area (Å²) in [6, 6.07) is 8.05. The van der Waals surface area contributed by atoms with E-state index >= 15 is 0 Å². The van der Waals surface area contributed by atoms with Crippen molar-refractivity contribution in [2.24, 2.45) is 0 Å². The Morgan fingerprint density at radius 3 is 2.94 bits per heavy atom. The molecule has 0 spiro atoms. The Kier molecular flexibility index (Phi) is 4.28. The quantitative estimate of drug-likeness (QED) is 0.919. The fraction of sp³-hybridized carbons (Fsp3) is 0.333. The zero-order valence-corrected chi connectivity index (χ0v) is 11.2. The number of likely N-dealkylation sites (N-methyl/N-ethyl adjacent to an activating group) is 1. The molecule has 0 saturated carbocycles. The summed E-state index contributed by atoms with van der Waals surface area (Å²) in [5.41, 5.74) is 1.16. The van der Waals surface area contributed by atoms with E-state index in [9.17, 15) is 0 Å². The molecule has 0 aliphatic carbocycles. The predicted molar refractivity (Wildman–Crippen MR) is 68.9 cm³/mol. The van der Waals surface area contributed by atoms with Crippen molar-refractivity contribution in [1.82, 2.24) is 15.5 Å². The molecule has 0 atom stereocenters. The average molecular weight is 296 g/mol. The fourth-order valence-electron chi connectivity index (χ4n) is 1.51. The summed E-state index contributed by atoms with van der Waals surface area (Å²) in [6.45, 7) is 0.844. The summed E-state index contributed by atoms with van der Waals surface area (Å²) < 4.78 is 6.23. The lowest BCUT2D eigenvalue weighted by atomic mass is 10.1. The molecule has 17 heavy (non-hydrogen) atoms. The third-order valence-corrected chi connectivity index (χ3v) is 3.18. The Balaban J connectivity index is 2.04. The van der Waals surface area contributed by atoms with Gasteiger partial charge in [-0.3, -0.25) is 0 Å². The van der Waals surface area contributed by atoms with Gasteiger partial charge in [0.2, 0.25) is 5.89 Å². The van der Waals surface area contributed by atoms with Crippen molar-refractivity contribution in [3.05, 3.63) is 46.0 Å². The molecule has 0 aliphatic heterocycles. The fourth-order valence-corrected chi connectivity index (χ4v) is 1.93. The second-order valence-electron chi connectivity index (χ2n) is 3.73. The minimum Gasteiger partial charge on any atom is -0.339 e. The normalized spacial score (nSPS) is 10.7. The standard InChI is InChI=1S/C12H14BrN3O/c1-14-7-6-12-15-11(16-17-12)8-9-4-2-3-5-10(9)13/h2-5,14H,6-8H2,1H3. The van der Waals surface area contributed by atoms with Crippen LogP contribution in [-0.4, -0.2) is 23.7 Å². The molecule has 2 rings (SSSR count). The van der Waals surface area contributed by atoms with Crippen molar-refractivity contribution in [2.45, 2.75) is 12.8 Å². The summed E-state index contributed by atoms with van der Waals surface area (Å²) in [7, 11) is 1.90. The van der Waals surface area contributed by atoms with Gasteiger partial charge in [0.15, 0.2) is 5.82 Å². The highest BCUT2D eigenvalue weighted by Crippen LogP contribution is 2.18. The Morgan fingerprint density at radius 2 is 2.18 bits per heavy atom. The third-order valence-electron chi connectivity index (χ3n) is 2.41. The van der Waals surface area contributed by atoms with Gasteiger partial charge < -0.3 is 9.84 Å². The maximum atomic E-state index is 5.16. The van der Waals surface area contributed by atoms with E-state index in [1.807, 2.05) is 31.3 Å². The summed E-state index contributed by atoms with van der Waals surface area (Å²) in [6.07, 6.45) is 1.45. The Hall–Kier alpha value is -1.20. The van der Waals surface area contributed by atoms with Gasteiger partial charge in [0.25, 0.3) is 0 Å². The van der Waals surface area contributed by atoms with E-state index in [-0.39, 0.29) is 0 Å². The number of halogens is 1. The van der Waals surface area contributed by atoms with Gasteiger partial charge in [0, 0.05) is 23.9 Å². The topological polar surface area (TPSA) is 51.0 Å². The Morgan fingerprint density at radius 1 is 1.35 bits per heavy atom. The average Bonchev–Trinajstić information content (AvgIpc) is 2.77. The van der Waals surface area contributed by atoms with Crippen LogP contribution in [0.25, 0.3) is 0 Å². The highest BCUT2D eigenvalue weighted by Gasteiger charge is 2.08. The second kappa shape index (κ2) is 5.93. The first-order chi connectivity index (χ1) is 8.29. The molecule has 4 nitrogen and oxygen atoms in total. The van der Waals surface area contributed by atoms with E-state index < -0.39 is 0 Å². The third kappa shape index (κ3) is 3.38. The molecule has 0 fully saturated rings. The molecular formula is C12H14BrN3O. The predicted octanol–water partition coefficient (Wildman–Crippen LogP) is 2.18. The first-order valence-corrected chi connectivity index (χ1v) is 6.28. The van der Waals surface area contributed by atoms with Gasteiger partial charge in [-0.2, -0.15) is 4.98 Å². The molecular weight excluding hydrogens is 282 g/mol. The number of hydrogen-bond acceptors (Lipinski definition) is 4. The van der Waals surface area contributed by atoms with Gasteiger partial charge in [0.1, 0.15) is 0 Å². The minimum atomic E-state index is 0.682. The first-order valence-electron chi connectivity index (χ1n) is 5.49. The Bertz CT molecular complexity index is 484. The van der Waals surface area contributed by atoms with Crippen molar-refractivity contribution in [3.8, 4) is 0 Å². The number of nitrogens with zero attached hydrogens (tertiary/aromatic N) is 2. The SMILES string of the molecule is CNCCc1nc(Cc2ccccc2Br)no1. The van der Waals surface area contributed by atoms with Crippen LogP contribution in [0.2, 0.25) is 0 Å². The van der Waals surface area contributed by atoms with Gasteiger partial charge >= 0.3 is 0 Å². The van der Waals surface area contributed by atoms with Crippen molar-refractivity contribution >= 4 is 15.9 Å². The number of rotatable bonds is 5. The van der Waals surface area contributed by atoms with Gasteiger partial charge in [-0.1, -0.05) is 39.3 Å². The van der Waals surface area contributed by atoms with Crippen molar-refractivity contribution in [1.29, 1.82) is 0 Å². The summed E-state index contributed by atoms with van der Waals surface area (Å²) in [5, 5.41) is 7.02. The number of benzene rings is 1. The molecule has 1 aromatic heterocycles. The molecule has 0 bridgehead atoms. The van der Waals surface area contributed by atoms with Gasteiger partial charge in [-0.05, 0) is 18.7 Å². The first kappa shape index (κ1) is 12.3. The van der Waals surface area contributed by atoms with Crippen LogP contribution in [0.1, 0.15) is 17.3 Å². The molecule has 0 unspecified atom stereocenters. The molecule has 90 valence electrons. The van der Waals surface area contributed by atoms with Crippen molar-refractivity contribution < 1.29 is 4.52 Å². The molecule has 0 aliphatic rings. The molecule has 1 heterocycles. The van der Waals surface area contributed by atoms with E-state index in [0.717, 1.165) is 28.8 Å². The van der Waals surface area contributed by atoms with Crippen LogP contribution in [0.5, 0.6) is 0 Å². The van der Waals surface area contributed by atoms with Crippen LogP contribution >= 0.6 is 15.9 Å². The number of aromatic nitrogens is 2. The van der Waals surface area contributed by atoms with Gasteiger partial charge in [0.05, 0.1) is 0 Å². The summed E-state index contributed by atoms with van der Waals surface area (Å²) >= 11 is 3.51. The monoisotopic (exact) mass is 295 g/mol. The number of hydrogen-bond donors (Lipinski definition) is 1. The maximum absolute atomic E-state index is 5.16. The van der Waals surface area contributed by atoms with E-state index in [2.05, 4.69) is 31.4 Å². The molecule has 5 heteroatoms. The van der Waals surface area contributed by atoms with Crippen LogP contribution in [0, 0.1) is 0 Å². The molecule has 0 amide bonds. The van der Waals surface area contributed by atoms with Crippen molar-refractivity contribution in [2.75, 3.05) is 13.6 Å². The highest BCUT2D eigenvalue weighted by molar-refractivity contribution is 9.10. The van der Waals surface area contributed by atoms with E-state index in [1.54, 1.807) is 0 Å². The van der Waals surface area contributed by atoms with E-state index in [1.165, 1.54) is 0 Å². The molecule has 1 aromatic carbocycles. The van der Waals surface area contributed by atoms with Crippen LogP contribution in [0.4, 0.5) is 0 Å². The second-order valence-corrected chi connectivity index (χ2v) is 4.58. The highest BCUT2D eigenvalue weighted by atomic mass is 79.9. The summed E-state index contributed by atoms with van der Waals surface area (Å²) in [5.74, 6) is 1.41. The number of nitrogens with one attached hydrogen (secondary N) is 1. The smallest absolute Gasteiger partial charge is 0.227 e. The molecule has 0 radical (unpaired) electrons. The zero-order chi connectivity index (χ0) is 12.1. The van der Waals surface area contributed by atoms with E-state index in [4.69, 9.17) is 4.52 Å².